The van der Waals surface area contributed by atoms with Gasteiger partial charge in [0.1, 0.15) is 6.07 Å². The van der Waals surface area contributed by atoms with E-state index in [-0.39, 0.29) is 17.0 Å². The van der Waals surface area contributed by atoms with Gasteiger partial charge in [-0.05, 0) is 11.6 Å². The molecule has 1 rings (SSSR count). The number of halogens is 4. The van der Waals surface area contributed by atoms with Crippen molar-refractivity contribution in [3.8, 4) is 6.07 Å². The standard InChI is InChI=1S/C11H7ClF3NO2/c1-18-9(17)4-6-2-3-8(11(13,14)15)7(5-16)10(6)12/h2-3H,4H2,1H3. The van der Waals surface area contributed by atoms with E-state index in [2.05, 4.69) is 4.74 Å². The first-order valence-corrected chi connectivity index (χ1v) is 5.04. The Morgan fingerprint density at radius 1 is 1.50 bits per heavy atom. The molecule has 0 aliphatic heterocycles. The summed E-state index contributed by atoms with van der Waals surface area (Å²) in [5.41, 5.74) is -1.69. The minimum absolute atomic E-state index is 0.119. The summed E-state index contributed by atoms with van der Waals surface area (Å²) in [5, 5.41) is 8.35. The van der Waals surface area contributed by atoms with Crippen LogP contribution in [0.25, 0.3) is 0 Å². The molecule has 0 spiro atoms. The summed E-state index contributed by atoms with van der Waals surface area (Å²) in [4.78, 5) is 11.0. The van der Waals surface area contributed by atoms with Crippen molar-refractivity contribution in [1.82, 2.24) is 0 Å². The number of carbonyl (C=O) groups excluding carboxylic acids is 1. The van der Waals surface area contributed by atoms with E-state index in [9.17, 15) is 18.0 Å². The van der Waals surface area contributed by atoms with Crippen LogP contribution in [0.4, 0.5) is 13.2 Å². The molecule has 0 aromatic heterocycles. The number of hydrogen-bond acceptors (Lipinski definition) is 3. The Hall–Kier alpha value is -1.74. The van der Waals surface area contributed by atoms with Gasteiger partial charge >= 0.3 is 12.1 Å². The maximum atomic E-state index is 12.6. The van der Waals surface area contributed by atoms with E-state index in [1.807, 2.05) is 0 Å². The lowest BCUT2D eigenvalue weighted by molar-refractivity contribution is -0.139. The first-order chi connectivity index (χ1) is 8.31. The third kappa shape index (κ3) is 2.93. The van der Waals surface area contributed by atoms with Gasteiger partial charge in [0.05, 0.1) is 29.7 Å². The van der Waals surface area contributed by atoms with Crippen LogP contribution in [0.2, 0.25) is 5.02 Å². The molecule has 0 saturated heterocycles. The summed E-state index contributed by atoms with van der Waals surface area (Å²) in [6.45, 7) is 0. The topological polar surface area (TPSA) is 50.1 Å². The minimum Gasteiger partial charge on any atom is -0.469 e. The van der Waals surface area contributed by atoms with Crippen molar-refractivity contribution >= 4 is 17.6 Å². The molecular weight excluding hydrogens is 271 g/mol. The summed E-state index contributed by atoms with van der Waals surface area (Å²) in [6, 6.07) is 3.18. The number of nitrogens with zero attached hydrogens (tertiary/aromatic N) is 1. The number of esters is 1. The number of methoxy groups -OCH3 is 1. The fourth-order valence-electron chi connectivity index (χ4n) is 1.33. The number of carbonyl (C=O) groups is 1. The predicted octanol–water partition coefficient (Wildman–Crippen LogP) is 2.95. The molecule has 0 aliphatic carbocycles. The van der Waals surface area contributed by atoms with Crippen LogP contribution >= 0.6 is 11.6 Å². The monoisotopic (exact) mass is 277 g/mol. The second kappa shape index (κ2) is 5.27. The van der Waals surface area contributed by atoms with Gasteiger partial charge in [-0.2, -0.15) is 18.4 Å². The van der Waals surface area contributed by atoms with Crippen molar-refractivity contribution in [2.24, 2.45) is 0 Å². The number of hydrogen-bond donors (Lipinski definition) is 0. The van der Waals surface area contributed by atoms with Crippen molar-refractivity contribution in [3.63, 3.8) is 0 Å². The summed E-state index contributed by atoms with van der Waals surface area (Å²) < 4.78 is 42.1. The van der Waals surface area contributed by atoms with E-state index < -0.39 is 23.3 Å². The molecule has 0 aliphatic rings. The van der Waals surface area contributed by atoms with E-state index in [1.165, 1.54) is 6.07 Å². The second-order valence-electron chi connectivity index (χ2n) is 3.32. The van der Waals surface area contributed by atoms with Gasteiger partial charge in [-0.15, -0.1) is 0 Å². The number of nitriles is 1. The Morgan fingerprint density at radius 3 is 2.56 bits per heavy atom. The maximum absolute atomic E-state index is 12.6. The highest BCUT2D eigenvalue weighted by atomic mass is 35.5. The highest BCUT2D eigenvalue weighted by Crippen LogP contribution is 2.36. The van der Waals surface area contributed by atoms with E-state index in [4.69, 9.17) is 16.9 Å². The highest BCUT2D eigenvalue weighted by Gasteiger charge is 2.35. The van der Waals surface area contributed by atoms with Crippen LogP contribution in [0.15, 0.2) is 12.1 Å². The molecule has 0 N–H and O–H groups in total. The first kappa shape index (κ1) is 14.3. The number of ether oxygens (including phenoxy) is 1. The summed E-state index contributed by atoms with van der Waals surface area (Å²) >= 11 is 5.69. The fraction of sp³-hybridized carbons (Fsp3) is 0.273. The molecule has 0 heterocycles. The van der Waals surface area contributed by atoms with Gasteiger partial charge in [0.25, 0.3) is 0 Å². The molecule has 0 bridgehead atoms. The third-order valence-corrected chi connectivity index (χ3v) is 2.63. The highest BCUT2D eigenvalue weighted by molar-refractivity contribution is 6.32. The van der Waals surface area contributed by atoms with E-state index in [1.54, 1.807) is 0 Å². The second-order valence-corrected chi connectivity index (χ2v) is 3.70. The predicted molar refractivity (Wildman–Crippen MR) is 56.9 cm³/mol. The molecule has 96 valence electrons. The summed E-state index contributed by atoms with van der Waals surface area (Å²) in [5.74, 6) is -0.652. The quantitative estimate of drug-likeness (QED) is 0.781. The van der Waals surface area contributed by atoms with Gasteiger partial charge < -0.3 is 4.74 Å². The molecule has 0 unspecified atom stereocenters. The van der Waals surface area contributed by atoms with E-state index in [0.29, 0.717) is 0 Å². The number of benzene rings is 1. The number of alkyl halides is 3. The lowest BCUT2D eigenvalue weighted by Crippen LogP contribution is -2.11. The zero-order chi connectivity index (χ0) is 13.9. The van der Waals surface area contributed by atoms with Crippen LogP contribution in [0.1, 0.15) is 16.7 Å². The van der Waals surface area contributed by atoms with E-state index >= 15 is 0 Å². The normalized spacial score (nSPS) is 10.9. The van der Waals surface area contributed by atoms with Crippen molar-refractivity contribution in [1.29, 1.82) is 5.26 Å². The molecule has 0 atom stereocenters. The molecular formula is C11H7ClF3NO2. The first-order valence-electron chi connectivity index (χ1n) is 4.66. The molecule has 0 radical (unpaired) electrons. The third-order valence-electron chi connectivity index (χ3n) is 2.20. The SMILES string of the molecule is COC(=O)Cc1ccc(C(F)(F)F)c(C#N)c1Cl. The average Bonchev–Trinajstić information content (AvgIpc) is 2.29. The van der Waals surface area contributed by atoms with Crippen LogP contribution in [0, 0.1) is 11.3 Å². The van der Waals surface area contributed by atoms with E-state index in [0.717, 1.165) is 19.2 Å². The van der Waals surface area contributed by atoms with Crippen LogP contribution in [-0.2, 0) is 22.1 Å². The van der Waals surface area contributed by atoms with Crippen LogP contribution in [0.5, 0.6) is 0 Å². The number of rotatable bonds is 2. The van der Waals surface area contributed by atoms with Gasteiger partial charge in [-0.1, -0.05) is 17.7 Å². The van der Waals surface area contributed by atoms with Crippen molar-refractivity contribution in [2.45, 2.75) is 12.6 Å². The molecule has 18 heavy (non-hydrogen) atoms. The molecule has 1 aromatic carbocycles. The lowest BCUT2D eigenvalue weighted by atomic mass is 10.0. The zero-order valence-electron chi connectivity index (χ0n) is 9.14. The van der Waals surface area contributed by atoms with Crippen molar-refractivity contribution in [2.75, 3.05) is 7.11 Å². The van der Waals surface area contributed by atoms with Gasteiger partial charge in [0.15, 0.2) is 0 Å². The zero-order valence-corrected chi connectivity index (χ0v) is 9.89. The van der Waals surface area contributed by atoms with Crippen molar-refractivity contribution < 1.29 is 22.7 Å². The lowest BCUT2D eigenvalue weighted by Gasteiger charge is -2.12. The Kier molecular flexibility index (Phi) is 4.19. The van der Waals surface area contributed by atoms with Gasteiger partial charge in [0.2, 0.25) is 0 Å². The molecule has 0 amide bonds. The van der Waals surface area contributed by atoms with Crippen molar-refractivity contribution in [3.05, 3.63) is 33.8 Å². The van der Waals surface area contributed by atoms with Gasteiger partial charge in [0, 0.05) is 0 Å². The van der Waals surface area contributed by atoms with Crippen LogP contribution in [-0.4, -0.2) is 13.1 Å². The maximum Gasteiger partial charge on any atom is 0.417 e. The Morgan fingerprint density at radius 2 is 2.11 bits per heavy atom. The van der Waals surface area contributed by atoms with Crippen LogP contribution in [0.3, 0.4) is 0 Å². The largest absolute Gasteiger partial charge is 0.469 e. The Bertz CT molecular complexity index is 520. The summed E-state index contributed by atoms with van der Waals surface area (Å²) in [6.07, 6.45) is -4.96. The van der Waals surface area contributed by atoms with Gasteiger partial charge in [-0.3, -0.25) is 4.79 Å². The summed E-state index contributed by atoms with van der Waals surface area (Å²) in [7, 11) is 1.14. The average molecular weight is 278 g/mol. The van der Waals surface area contributed by atoms with Crippen LogP contribution < -0.4 is 0 Å². The Labute approximate surface area is 106 Å². The minimum atomic E-state index is -4.67. The molecule has 1 aromatic rings. The fourth-order valence-corrected chi connectivity index (χ4v) is 1.60. The molecule has 0 fully saturated rings. The molecule has 0 saturated carbocycles. The molecule has 7 heteroatoms. The molecule has 3 nitrogen and oxygen atoms in total. The van der Waals surface area contributed by atoms with Gasteiger partial charge in [-0.25, -0.2) is 0 Å². The Balaban J connectivity index is 3.30. The smallest absolute Gasteiger partial charge is 0.417 e.